The second-order valence-electron chi connectivity index (χ2n) is 7.30. The minimum atomic E-state index is -4.15. The zero-order chi connectivity index (χ0) is 21.3. The Bertz CT molecular complexity index is 932. The Kier molecular flexibility index (Phi) is 5.83. The molecular formula is C18H23N3O6S. The lowest BCUT2D eigenvalue weighted by Crippen LogP contribution is -2.47. The molecule has 2 amide bonds. The van der Waals surface area contributed by atoms with Crippen LogP contribution in [-0.2, 0) is 24.4 Å². The lowest BCUT2D eigenvalue weighted by atomic mass is 10.1. The highest BCUT2D eigenvalue weighted by molar-refractivity contribution is 7.99. The third-order valence-corrected chi connectivity index (χ3v) is 6.09. The van der Waals surface area contributed by atoms with Crippen LogP contribution >= 0.6 is 0 Å². The number of hydrogen-bond donors (Lipinski definition) is 3. The van der Waals surface area contributed by atoms with E-state index in [1.807, 2.05) is 0 Å². The lowest BCUT2D eigenvalue weighted by molar-refractivity contribution is -0.141. The Hall–Kier alpha value is -2.88. The quantitative estimate of drug-likeness (QED) is 0.623. The molecule has 1 aliphatic heterocycles. The smallest absolute Gasteiger partial charge is 0.325 e. The molecule has 9 nitrogen and oxygen atoms in total. The number of carbonyl (C=O) groups excluding carboxylic acids is 2. The summed E-state index contributed by atoms with van der Waals surface area (Å²) in [7, 11) is -4.15. The molecule has 1 unspecified atom stereocenters. The van der Waals surface area contributed by atoms with Crippen molar-refractivity contribution in [2.75, 3.05) is 6.54 Å². The van der Waals surface area contributed by atoms with Gasteiger partial charge in [0.25, 0.3) is 15.9 Å². The van der Waals surface area contributed by atoms with Crippen LogP contribution in [0.25, 0.3) is 4.91 Å². The van der Waals surface area contributed by atoms with E-state index < -0.39 is 45.9 Å². The van der Waals surface area contributed by atoms with Gasteiger partial charge in [-0.3, -0.25) is 14.4 Å². The van der Waals surface area contributed by atoms with E-state index in [4.69, 9.17) is 5.11 Å². The van der Waals surface area contributed by atoms with Crippen molar-refractivity contribution in [2.45, 2.75) is 39.3 Å². The van der Waals surface area contributed by atoms with E-state index >= 15 is 0 Å². The predicted molar refractivity (Wildman–Crippen MR) is 102 cm³/mol. The molecule has 0 fully saturated rings. The van der Waals surface area contributed by atoms with Crippen molar-refractivity contribution >= 4 is 32.7 Å². The molecular weight excluding hydrogens is 386 g/mol. The van der Waals surface area contributed by atoms with E-state index in [1.54, 1.807) is 51.1 Å². The minimum absolute atomic E-state index is 0.216. The number of sulfonamides is 1. The van der Waals surface area contributed by atoms with Gasteiger partial charge in [0, 0.05) is 0 Å². The van der Waals surface area contributed by atoms with Crippen molar-refractivity contribution in [3.8, 4) is 0 Å². The fraction of sp³-hybridized carbons (Fsp3) is 0.389. The number of hydrogen-bond acceptors (Lipinski definition) is 6. The second-order valence-corrected chi connectivity index (χ2v) is 9.02. The Balaban J connectivity index is 2.42. The number of rotatable bonds is 6. The standard InChI is InChI=1S/C18H23N3O6S/c1-11(17(24)25)20-13(22)10-19-14-15(12-8-6-5-7-9-12)28(26,27)21(16(14)23)18(2,3)4/h5-9,11,19H,10H2,1-4H3,(H,20,22)(H,24,25). The van der Waals surface area contributed by atoms with Crippen LogP contribution in [0.4, 0.5) is 0 Å². The Morgan fingerprint density at radius 2 is 1.75 bits per heavy atom. The maximum atomic E-state index is 13.1. The van der Waals surface area contributed by atoms with Gasteiger partial charge in [0.2, 0.25) is 5.91 Å². The van der Waals surface area contributed by atoms with Crippen molar-refractivity contribution in [3.63, 3.8) is 0 Å². The summed E-state index contributed by atoms with van der Waals surface area (Å²) in [5.74, 6) is -2.67. The van der Waals surface area contributed by atoms with Crippen molar-refractivity contribution in [3.05, 3.63) is 41.6 Å². The highest BCUT2D eigenvalue weighted by Gasteiger charge is 2.49. The maximum Gasteiger partial charge on any atom is 0.325 e. The van der Waals surface area contributed by atoms with Crippen LogP contribution in [-0.4, -0.2) is 53.7 Å². The Morgan fingerprint density at radius 1 is 1.18 bits per heavy atom. The third kappa shape index (κ3) is 4.16. The summed E-state index contributed by atoms with van der Waals surface area (Å²) >= 11 is 0. The van der Waals surface area contributed by atoms with Crippen molar-refractivity contribution in [1.82, 2.24) is 14.9 Å². The van der Waals surface area contributed by atoms with Crippen molar-refractivity contribution in [2.24, 2.45) is 0 Å². The normalized spacial score (nSPS) is 17.4. The topological polar surface area (TPSA) is 133 Å². The number of aliphatic carboxylic acids is 1. The van der Waals surface area contributed by atoms with Crippen LogP contribution in [0.1, 0.15) is 33.3 Å². The van der Waals surface area contributed by atoms with Crippen LogP contribution in [0.15, 0.2) is 36.0 Å². The number of nitrogens with zero attached hydrogens (tertiary/aromatic N) is 1. The molecule has 1 aliphatic rings. The maximum absolute atomic E-state index is 13.1. The first-order valence-electron chi connectivity index (χ1n) is 8.53. The van der Waals surface area contributed by atoms with Crippen LogP contribution in [0.2, 0.25) is 0 Å². The zero-order valence-corrected chi connectivity index (χ0v) is 16.8. The fourth-order valence-corrected chi connectivity index (χ4v) is 4.82. The number of carboxylic acids is 1. The van der Waals surface area contributed by atoms with Crippen LogP contribution in [0.3, 0.4) is 0 Å². The van der Waals surface area contributed by atoms with Gasteiger partial charge in [-0.15, -0.1) is 0 Å². The Morgan fingerprint density at radius 3 is 2.25 bits per heavy atom. The van der Waals surface area contributed by atoms with Gasteiger partial charge in [0.15, 0.2) is 0 Å². The molecule has 0 radical (unpaired) electrons. The number of nitrogens with one attached hydrogen (secondary N) is 2. The first-order valence-corrected chi connectivity index (χ1v) is 9.97. The molecule has 0 bridgehead atoms. The van der Waals surface area contributed by atoms with Gasteiger partial charge in [0.1, 0.15) is 16.6 Å². The summed E-state index contributed by atoms with van der Waals surface area (Å²) in [6.07, 6.45) is 0. The van der Waals surface area contributed by atoms with E-state index in [2.05, 4.69) is 10.6 Å². The largest absolute Gasteiger partial charge is 0.480 e. The fourth-order valence-electron chi connectivity index (χ4n) is 2.75. The molecule has 0 aliphatic carbocycles. The highest BCUT2D eigenvalue weighted by Crippen LogP contribution is 2.38. The third-order valence-electron chi connectivity index (χ3n) is 3.94. The monoisotopic (exact) mass is 409 g/mol. The molecule has 0 saturated heterocycles. The van der Waals surface area contributed by atoms with Gasteiger partial charge >= 0.3 is 5.97 Å². The molecule has 0 saturated carbocycles. The van der Waals surface area contributed by atoms with E-state index in [-0.39, 0.29) is 10.6 Å². The van der Waals surface area contributed by atoms with Crippen LogP contribution in [0.5, 0.6) is 0 Å². The molecule has 1 heterocycles. The number of benzene rings is 1. The van der Waals surface area contributed by atoms with Crippen molar-refractivity contribution in [1.29, 1.82) is 0 Å². The van der Waals surface area contributed by atoms with E-state index in [1.165, 1.54) is 6.92 Å². The first kappa shape index (κ1) is 21.4. The highest BCUT2D eigenvalue weighted by atomic mass is 32.2. The molecule has 28 heavy (non-hydrogen) atoms. The number of amides is 2. The first-order chi connectivity index (χ1) is 12.9. The summed E-state index contributed by atoms with van der Waals surface area (Å²) in [4.78, 5) is 35.5. The van der Waals surface area contributed by atoms with Crippen LogP contribution in [0, 0.1) is 0 Å². The van der Waals surface area contributed by atoms with Gasteiger partial charge in [-0.2, -0.15) is 0 Å². The summed E-state index contributed by atoms with van der Waals surface area (Å²) < 4.78 is 27.0. The van der Waals surface area contributed by atoms with Gasteiger partial charge in [-0.1, -0.05) is 30.3 Å². The minimum Gasteiger partial charge on any atom is -0.480 e. The number of carbonyl (C=O) groups is 3. The zero-order valence-electron chi connectivity index (χ0n) is 16.0. The molecule has 0 aromatic heterocycles. The SMILES string of the molecule is CC(NC(=O)CNC1=C(c2ccccc2)S(=O)(=O)N(C(C)(C)C)C1=O)C(=O)O. The summed E-state index contributed by atoms with van der Waals surface area (Å²) in [6.45, 7) is 5.61. The van der Waals surface area contributed by atoms with Gasteiger partial charge in [-0.05, 0) is 33.3 Å². The molecule has 2 rings (SSSR count). The van der Waals surface area contributed by atoms with Crippen LogP contribution < -0.4 is 10.6 Å². The molecule has 0 spiro atoms. The Labute approximate surface area is 163 Å². The van der Waals surface area contributed by atoms with E-state index in [9.17, 15) is 22.8 Å². The second kappa shape index (κ2) is 7.63. The van der Waals surface area contributed by atoms with Crippen molar-refractivity contribution < 1.29 is 27.9 Å². The summed E-state index contributed by atoms with van der Waals surface area (Å²) in [6, 6.07) is 6.98. The summed E-state index contributed by atoms with van der Waals surface area (Å²) in [5.41, 5.74) is -0.928. The molecule has 152 valence electrons. The average Bonchev–Trinajstić information content (AvgIpc) is 2.78. The molecule has 1 aromatic rings. The predicted octanol–water partition coefficient (Wildman–Crippen LogP) is 0.505. The molecule has 10 heteroatoms. The van der Waals surface area contributed by atoms with E-state index in [0.29, 0.717) is 5.56 Å². The lowest BCUT2D eigenvalue weighted by Gasteiger charge is -2.30. The van der Waals surface area contributed by atoms with E-state index in [0.717, 1.165) is 4.31 Å². The summed E-state index contributed by atoms with van der Waals surface area (Å²) in [5, 5.41) is 13.7. The molecule has 1 atom stereocenters. The van der Waals surface area contributed by atoms with Gasteiger partial charge in [-0.25, -0.2) is 12.7 Å². The van der Waals surface area contributed by atoms with Gasteiger partial charge in [0.05, 0.1) is 12.1 Å². The molecule has 3 N–H and O–H groups in total. The number of carboxylic acid groups (broad SMARTS) is 1. The average molecular weight is 409 g/mol. The van der Waals surface area contributed by atoms with Gasteiger partial charge < -0.3 is 15.7 Å². The molecule has 1 aromatic carbocycles.